The summed E-state index contributed by atoms with van der Waals surface area (Å²) in [7, 11) is 0. The van der Waals surface area contributed by atoms with E-state index in [1.807, 2.05) is 0 Å². The Kier molecular flexibility index (Phi) is 25.2. The maximum Gasteiger partial charge on any atom is 1.00 e. The van der Waals surface area contributed by atoms with Crippen LogP contribution in [0.25, 0.3) is 0 Å². The molecule has 0 bridgehead atoms. The van der Waals surface area contributed by atoms with Crippen molar-refractivity contribution in [3.63, 3.8) is 0 Å². The molecule has 0 aliphatic carbocycles. The zero-order valence-electron chi connectivity index (χ0n) is 16.8. The number of rotatable bonds is 18. The maximum atomic E-state index is 5.25. The summed E-state index contributed by atoms with van der Waals surface area (Å²) in [5, 5.41) is 0. The van der Waals surface area contributed by atoms with Gasteiger partial charge in [-0.3, -0.25) is 0 Å². The Labute approximate surface area is 180 Å². The molecule has 0 aromatic heterocycles. The summed E-state index contributed by atoms with van der Waals surface area (Å²) >= 11 is 10.5. The minimum Gasteiger partial charge on any atom is -0.411 e. The van der Waals surface area contributed by atoms with E-state index in [4.69, 9.17) is 24.8 Å². The topological polar surface area (TPSA) is 3.24 Å². The fourth-order valence-corrected chi connectivity index (χ4v) is 3.53. The molecule has 0 atom stereocenters. The summed E-state index contributed by atoms with van der Waals surface area (Å²) < 4.78 is 0.681. The van der Waals surface area contributed by atoms with Gasteiger partial charge in [0.2, 0.25) is 0 Å². The van der Waals surface area contributed by atoms with Crippen LogP contribution >= 0.6 is 12.2 Å². The van der Waals surface area contributed by atoms with Crippen LogP contribution in [0.1, 0.15) is 117 Å². The van der Waals surface area contributed by atoms with Gasteiger partial charge in [0.25, 0.3) is 0 Å². The Morgan fingerprint density at radius 2 is 0.880 bits per heavy atom. The van der Waals surface area contributed by atoms with Crippen molar-refractivity contribution in [1.82, 2.24) is 4.90 Å². The number of thiocarbonyl (C=S) groups is 1. The average molecular weight is 436 g/mol. The Hall–Kier alpha value is 0.629. The number of hydrogen-bond donors (Lipinski definition) is 0. The van der Waals surface area contributed by atoms with Crippen molar-refractivity contribution >= 4 is 29.2 Å². The molecule has 0 aliphatic heterocycles. The Balaban J connectivity index is 0. The van der Waals surface area contributed by atoms with Gasteiger partial charge in [-0.25, -0.2) is 0 Å². The normalized spacial score (nSPS) is 10.5. The van der Waals surface area contributed by atoms with Crippen molar-refractivity contribution in [3.05, 3.63) is 0 Å². The summed E-state index contributed by atoms with van der Waals surface area (Å²) in [6.07, 6.45) is 21.8. The molecule has 0 aromatic rings. The smallest absolute Gasteiger partial charge is 0.411 e. The molecule has 0 aliphatic rings. The fraction of sp³-hybridized carbons (Fsp3) is 0.952. The minimum atomic E-state index is 0. The molecular weight excluding hydrogens is 394 g/mol. The van der Waals surface area contributed by atoms with Gasteiger partial charge in [-0.15, -0.1) is 0 Å². The van der Waals surface area contributed by atoms with Crippen molar-refractivity contribution in [3.8, 4) is 0 Å². The van der Waals surface area contributed by atoms with Crippen LogP contribution in [0.2, 0.25) is 0 Å². The third-order valence-electron chi connectivity index (χ3n) is 4.82. The zero-order valence-corrected chi connectivity index (χ0v) is 19.4. The first kappa shape index (κ1) is 27.8. The van der Waals surface area contributed by atoms with Crippen LogP contribution in [0, 0.1) is 0 Å². The van der Waals surface area contributed by atoms with Crippen LogP contribution in [0.3, 0.4) is 0 Å². The second-order valence-electron chi connectivity index (χ2n) is 7.20. The van der Waals surface area contributed by atoms with E-state index in [9.17, 15) is 0 Å². The molecule has 0 unspecified atom stereocenters. The number of hydrogen-bond acceptors (Lipinski definition) is 2. The molecule has 25 heavy (non-hydrogen) atoms. The van der Waals surface area contributed by atoms with E-state index < -0.39 is 0 Å². The van der Waals surface area contributed by atoms with Gasteiger partial charge in [0.05, 0.1) is 0 Å². The molecular formula is C21H42CuNS2. The summed E-state index contributed by atoms with van der Waals surface area (Å²) in [5.74, 6) is 0. The van der Waals surface area contributed by atoms with E-state index in [0.717, 1.165) is 13.1 Å². The molecule has 0 fully saturated rings. The van der Waals surface area contributed by atoms with Gasteiger partial charge in [-0.1, -0.05) is 108 Å². The van der Waals surface area contributed by atoms with E-state index >= 15 is 0 Å². The predicted molar refractivity (Wildman–Crippen MR) is 117 cm³/mol. The van der Waals surface area contributed by atoms with E-state index in [2.05, 4.69) is 18.7 Å². The molecule has 0 radical (unpaired) electrons. The van der Waals surface area contributed by atoms with Crippen LogP contribution in [0.5, 0.6) is 0 Å². The predicted octanol–water partition coefficient (Wildman–Crippen LogP) is 7.40. The molecule has 1 nitrogen and oxygen atoms in total. The van der Waals surface area contributed by atoms with Gasteiger partial charge in [0.15, 0.2) is 0 Å². The van der Waals surface area contributed by atoms with E-state index in [1.165, 1.54) is 103 Å². The number of unbranched alkanes of at least 4 members (excludes halogenated alkanes) is 14. The van der Waals surface area contributed by atoms with E-state index in [-0.39, 0.29) is 17.1 Å². The van der Waals surface area contributed by atoms with Gasteiger partial charge >= 0.3 is 17.1 Å². The molecule has 0 rings (SSSR count). The molecule has 0 saturated heterocycles. The van der Waals surface area contributed by atoms with Crippen molar-refractivity contribution in [2.75, 3.05) is 13.1 Å². The van der Waals surface area contributed by atoms with Gasteiger partial charge < -0.3 is 29.7 Å². The summed E-state index contributed by atoms with van der Waals surface area (Å²) in [4.78, 5) is 2.26. The second kappa shape index (κ2) is 22.7. The monoisotopic (exact) mass is 435 g/mol. The van der Waals surface area contributed by atoms with Gasteiger partial charge in [-0.05, 0) is 12.8 Å². The van der Waals surface area contributed by atoms with Crippen LogP contribution in [0.15, 0.2) is 0 Å². The Morgan fingerprint density at radius 3 is 1.16 bits per heavy atom. The standard InChI is InChI=1S/C21H43NS2.Cu/c1-3-5-7-9-11-13-15-17-19-22(21(23)24)20-18-16-14-12-10-8-6-4-2;/h3-20H2,1-2H3,(H,23,24);/q;+1/p-1. The quantitative estimate of drug-likeness (QED) is 0.0954. The van der Waals surface area contributed by atoms with Crippen LogP contribution in [-0.2, 0) is 29.7 Å². The average Bonchev–Trinajstić information content (AvgIpc) is 2.57. The van der Waals surface area contributed by atoms with Crippen molar-refractivity contribution < 1.29 is 17.1 Å². The molecule has 0 aromatic carbocycles. The molecule has 0 amide bonds. The Morgan fingerprint density at radius 1 is 0.600 bits per heavy atom. The summed E-state index contributed by atoms with van der Waals surface area (Å²) in [5.41, 5.74) is 0. The van der Waals surface area contributed by atoms with Gasteiger partial charge in [0, 0.05) is 13.1 Å². The van der Waals surface area contributed by atoms with E-state index in [1.54, 1.807) is 0 Å². The molecule has 0 spiro atoms. The third kappa shape index (κ3) is 20.8. The van der Waals surface area contributed by atoms with Gasteiger partial charge in [-0.2, -0.15) is 0 Å². The molecule has 0 saturated carbocycles. The molecule has 4 heteroatoms. The van der Waals surface area contributed by atoms with Crippen molar-refractivity contribution in [2.45, 2.75) is 117 Å². The summed E-state index contributed by atoms with van der Waals surface area (Å²) in [6, 6.07) is 0. The molecule has 154 valence electrons. The first-order chi connectivity index (χ1) is 11.7. The van der Waals surface area contributed by atoms with E-state index in [0.29, 0.717) is 4.32 Å². The van der Waals surface area contributed by atoms with Crippen LogP contribution < -0.4 is 0 Å². The first-order valence-corrected chi connectivity index (χ1v) is 11.5. The van der Waals surface area contributed by atoms with Crippen LogP contribution in [-0.4, -0.2) is 22.3 Å². The first-order valence-electron chi connectivity index (χ1n) is 10.7. The maximum absolute atomic E-state index is 5.25. The molecule has 0 heterocycles. The largest absolute Gasteiger partial charge is 1.00 e. The number of nitrogens with zero attached hydrogens (tertiary/aromatic N) is 1. The Bertz CT molecular complexity index is 255. The van der Waals surface area contributed by atoms with Crippen molar-refractivity contribution in [1.29, 1.82) is 0 Å². The zero-order chi connectivity index (χ0) is 17.9. The summed E-state index contributed by atoms with van der Waals surface area (Å²) in [6.45, 7) is 6.71. The third-order valence-corrected chi connectivity index (χ3v) is 5.34. The SMILES string of the molecule is CCCCCCCCCCN(CCCCCCCCCC)C(=S)[S-].[Cu+]. The van der Waals surface area contributed by atoms with Crippen LogP contribution in [0.4, 0.5) is 0 Å². The molecule has 0 N–H and O–H groups in total. The minimum absolute atomic E-state index is 0. The van der Waals surface area contributed by atoms with Gasteiger partial charge in [0.1, 0.15) is 0 Å². The fourth-order valence-electron chi connectivity index (χ4n) is 3.17. The second-order valence-corrected chi connectivity index (χ2v) is 8.23. The van der Waals surface area contributed by atoms with Crippen molar-refractivity contribution in [2.24, 2.45) is 0 Å².